The van der Waals surface area contributed by atoms with Gasteiger partial charge in [0.1, 0.15) is 0 Å². The average molecular weight is 271 g/mol. The Morgan fingerprint density at radius 2 is 2.11 bits per heavy atom. The van der Waals surface area contributed by atoms with E-state index < -0.39 is 22.5 Å². The molecule has 0 aliphatic rings. The number of hydrogen-bond donors (Lipinski definition) is 3. The molecule has 100 valence electrons. The van der Waals surface area contributed by atoms with Crippen LogP contribution in [0.3, 0.4) is 0 Å². The maximum absolute atomic E-state index is 11.8. The highest BCUT2D eigenvalue weighted by Crippen LogP contribution is 2.17. The Balaban J connectivity index is 2.98. The lowest BCUT2D eigenvalue weighted by molar-refractivity contribution is -0.116. The van der Waals surface area contributed by atoms with E-state index in [1.54, 1.807) is 12.1 Å². The summed E-state index contributed by atoms with van der Waals surface area (Å²) in [6.07, 6.45) is 0.707. The molecule has 1 aromatic carbocycles. The minimum absolute atomic E-state index is 0.0742. The molecule has 0 spiro atoms. The van der Waals surface area contributed by atoms with Crippen molar-refractivity contribution >= 4 is 15.9 Å². The molecule has 0 fully saturated rings. The number of carbonyl (C=O) groups excluding carboxylic acids is 1. The standard InChI is InChI=1S/C11H17N3O3S/c1-2-10(12)8-4-3-5-9(6-8)18(16,17)14-7-11(13)15/h3-6,10,14H,2,7,12H2,1H3,(H2,13,15). The predicted molar refractivity (Wildman–Crippen MR) is 68.0 cm³/mol. The summed E-state index contributed by atoms with van der Waals surface area (Å²) in [7, 11) is -3.73. The normalized spacial score (nSPS) is 13.2. The zero-order chi connectivity index (χ0) is 13.8. The van der Waals surface area contributed by atoms with Gasteiger partial charge in [-0.2, -0.15) is 0 Å². The van der Waals surface area contributed by atoms with Crippen LogP contribution in [0.4, 0.5) is 0 Å². The minimum Gasteiger partial charge on any atom is -0.369 e. The van der Waals surface area contributed by atoms with Gasteiger partial charge in [0, 0.05) is 6.04 Å². The van der Waals surface area contributed by atoms with E-state index in [9.17, 15) is 13.2 Å². The lowest BCUT2D eigenvalue weighted by atomic mass is 10.1. The van der Waals surface area contributed by atoms with Gasteiger partial charge in [0.25, 0.3) is 0 Å². The Labute approximate surface area is 106 Å². The zero-order valence-electron chi connectivity index (χ0n) is 10.1. The summed E-state index contributed by atoms with van der Waals surface area (Å²) in [5, 5.41) is 0. The molecule has 0 bridgehead atoms. The molecular formula is C11H17N3O3S. The number of amides is 1. The summed E-state index contributed by atoms with van der Waals surface area (Å²) in [5.41, 5.74) is 11.5. The molecule has 7 heteroatoms. The fraction of sp³-hybridized carbons (Fsp3) is 0.364. The van der Waals surface area contributed by atoms with Crippen LogP contribution in [0.5, 0.6) is 0 Å². The first kappa shape index (κ1) is 14.6. The van der Waals surface area contributed by atoms with Crippen LogP contribution in [0.1, 0.15) is 24.9 Å². The Morgan fingerprint density at radius 3 is 2.67 bits per heavy atom. The van der Waals surface area contributed by atoms with Gasteiger partial charge in [-0.05, 0) is 24.1 Å². The molecule has 0 heterocycles. The average Bonchev–Trinajstić information content (AvgIpc) is 2.35. The number of nitrogens with two attached hydrogens (primary N) is 2. The second kappa shape index (κ2) is 5.94. The number of nitrogens with one attached hydrogen (secondary N) is 1. The van der Waals surface area contributed by atoms with E-state index >= 15 is 0 Å². The molecule has 0 aromatic heterocycles. The van der Waals surface area contributed by atoms with Gasteiger partial charge in [-0.1, -0.05) is 19.1 Å². The number of primary amides is 1. The van der Waals surface area contributed by atoms with Crippen LogP contribution in [0.25, 0.3) is 0 Å². The maximum Gasteiger partial charge on any atom is 0.241 e. The van der Waals surface area contributed by atoms with E-state index in [-0.39, 0.29) is 10.9 Å². The fourth-order valence-electron chi connectivity index (χ4n) is 1.40. The van der Waals surface area contributed by atoms with Crippen LogP contribution in [0.2, 0.25) is 0 Å². The molecule has 6 nitrogen and oxygen atoms in total. The smallest absolute Gasteiger partial charge is 0.241 e. The van der Waals surface area contributed by atoms with E-state index in [4.69, 9.17) is 11.5 Å². The fourth-order valence-corrected chi connectivity index (χ4v) is 2.45. The molecule has 1 atom stereocenters. The Kier molecular flexibility index (Phi) is 4.83. The molecule has 0 aliphatic carbocycles. The summed E-state index contributed by atoms with van der Waals surface area (Å²) < 4.78 is 25.8. The van der Waals surface area contributed by atoms with E-state index in [1.807, 2.05) is 6.92 Å². The van der Waals surface area contributed by atoms with Crippen LogP contribution in [0.15, 0.2) is 29.2 Å². The van der Waals surface area contributed by atoms with Crippen LogP contribution in [-0.2, 0) is 14.8 Å². The lowest BCUT2D eigenvalue weighted by Crippen LogP contribution is -2.33. The molecule has 1 unspecified atom stereocenters. The van der Waals surface area contributed by atoms with Gasteiger partial charge in [-0.3, -0.25) is 4.79 Å². The number of benzene rings is 1. The molecule has 0 aliphatic heterocycles. The topological polar surface area (TPSA) is 115 Å². The molecule has 1 aromatic rings. The van der Waals surface area contributed by atoms with Crippen molar-refractivity contribution in [2.24, 2.45) is 11.5 Å². The van der Waals surface area contributed by atoms with Crippen LogP contribution in [0, 0.1) is 0 Å². The quantitative estimate of drug-likeness (QED) is 0.667. The number of hydrogen-bond acceptors (Lipinski definition) is 4. The third-order valence-electron chi connectivity index (χ3n) is 2.47. The largest absolute Gasteiger partial charge is 0.369 e. The second-order valence-electron chi connectivity index (χ2n) is 3.88. The summed E-state index contributed by atoms with van der Waals surface area (Å²) in [6.45, 7) is 1.49. The van der Waals surface area contributed by atoms with Gasteiger partial charge in [0.05, 0.1) is 11.4 Å². The van der Waals surface area contributed by atoms with Crippen molar-refractivity contribution in [3.05, 3.63) is 29.8 Å². The minimum atomic E-state index is -3.73. The lowest BCUT2D eigenvalue weighted by Gasteiger charge is -2.11. The molecule has 0 radical (unpaired) electrons. The molecule has 1 amide bonds. The van der Waals surface area contributed by atoms with E-state index in [2.05, 4.69) is 4.72 Å². The monoisotopic (exact) mass is 271 g/mol. The highest BCUT2D eigenvalue weighted by atomic mass is 32.2. The zero-order valence-corrected chi connectivity index (χ0v) is 10.9. The van der Waals surface area contributed by atoms with Crippen molar-refractivity contribution in [2.75, 3.05) is 6.54 Å². The van der Waals surface area contributed by atoms with Crippen molar-refractivity contribution in [3.63, 3.8) is 0 Å². The van der Waals surface area contributed by atoms with Crippen molar-refractivity contribution in [3.8, 4) is 0 Å². The molecule has 0 saturated heterocycles. The SMILES string of the molecule is CCC(N)c1cccc(S(=O)(=O)NCC(N)=O)c1. The number of rotatable bonds is 6. The highest BCUT2D eigenvalue weighted by molar-refractivity contribution is 7.89. The summed E-state index contributed by atoms with van der Waals surface area (Å²) in [6, 6.07) is 6.11. The van der Waals surface area contributed by atoms with E-state index in [0.717, 1.165) is 5.56 Å². The van der Waals surface area contributed by atoms with Crippen LogP contribution < -0.4 is 16.2 Å². The highest BCUT2D eigenvalue weighted by Gasteiger charge is 2.16. The molecule has 1 rings (SSSR count). The Morgan fingerprint density at radius 1 is 1.44 bits per heavy atom. The van der Waals surface area contributed by atoms with Crippen molar-refractivity contribution in [1.82, 2.24) is 4.72 Å². The molecule has 18 heavy (non-hydrogen) atoms. The second-order valence-corrected chi connectivity index (χ2v) is 5.65. The summed E-state index contributed by atoms with van der Waals surface area (Å²) >= 11 is 0. The first-order valence-corrected chi connectivity index (χ1v) is 6.98. The van der Waals surface area contributed by atoms with E-state index in [1.165, 1.54) is 12.1 Å². The van der Waals surface area contributed by atoms with Crippen molar-refractivity contribution < 1.29 is 13.2 Å². The third-order valence-corrected chi connectivity index (χ3v) is 3.87. The number of carbonyl (C=O) groups is 1. The maximum atomic E-state index is 11.8. The molecular weight excluding hydrogens is 254 g/mol. The van der Waals surface area contributed by atoms with Crippen LogP contribution in [-0.4, -0.2) is 20.9 Å². The Hall–Kier alpha value is -1.44. The van der Waals surface area contributed by atoms with Gasteiger partial charge in [0.15, 0.2) is 0 Å². The van der Waals surface area contributed by atoms with Crippen molar-refractivity contribution in [2.45, 2.75) is 24.3 Å². The van der Waals surface area contributed by atoms with Gasteiger partial charge in [-0.25, -0.2) is 13.1 Å². The van der Waals surface area contributed by atoms with Crippen LogP contribution >= 0.6 is 0 Å². The Bertz CT molecular complexity index is 528. The molecule has 0 saturated carbocycles. The van der Waals surface area contributed by atoms with Gasteiger partial charge in [0.2, 0.25) is 15.9 Å². The van der Waals surface area contributed by atoms with Gasteiger partial charge >= 0.3 is 0 Å². The first-order valence-electron chi connectivity index (χ1n) is 5.50. The number of sulfonamides is 1. The summed E-state index contributed by atoms with van der Waals surface area (Å²) in [5.74, 6) is -0.736. The first-order chi connectivity index (χ1) is 8.36. The third kappa shape index (κ3) is 3.80. The van der Waals surface area contributed by atoms with Gasteiger partial charge in [-0.15, -0.1) is 0 Å². The predicted octanol–water partition coefficient (Wildman–Crippen LogP) is -0.140. The van der Waals surface area contributed by atoms with Gasteiger partial charge < -0.3 is 11.5 Å². The molecule has 5 N–H and O–H groups in total. The van der Waals surface area contributed by atoms with E-state index in [0.29, 0.717) is 6.42 Å². The summed E-state index contributed by atoms with van der Waals surface area (Å²) in [4.78, 5) is 10.6. The van der Waals surface area contributed by atoms with Crippen molar-refractivity contribution in [1.29, 1.82) is 0 Å².